The number of hydrogen-bond acceptors (Lipinski definition) is 3. The van der Waals surface area contributed by atoms with Crippen molar-refractivity contribution in [3.05, 3.63) is 36.8 Å². The van der Waals surface area contributed by atoms with Crippen LogP contribution in [0, 0.1) is 7.14 Å². The summed E-state index contributed by atoms with van der Waals surface area (Å²) < 4.78 is 5.95. The van der Waals surface area contributed by atoms with Crippen molar-refractivity contribution in [2.24, 2.45) is 0 Å². The van der Waals surface area contributed by atoms with Crippen LogP contribution in [0.3, 0.4) is 0 Å². The average Bonchev–Trinajstić information content (AvgIpc) is 2.46. The fraction of sp³-hybridized carbons (Fsp3) is 0.250. The second-order valence-electron chi connectivity index (χ2n) is 5.50. The molecule has 0 aromatic heterocycles. The zero-order valence-electron chi connectivity index (χ0n) is 12.8. The molecular formula is C16H16I2N3S+. The van der Waals surface area contributed by atoms with Crippen molar-refractivity contribution in [3.63, 3.8) is 0 Å². The SMILES string of the molecule is CN(C)c1ccc2nc3ccc(=[N+](C)C)c([131I])c-3sc2c1[131I]. The van der Waals surface area contributed by atoms with Crippen LogP contribution in [0.4, 0.5) is 5.69 Å². The normalized spacial score (nSPS) is 11.2. The Balaban J connectivity index is 2.45. The molecule has 0 saturated heterocycles. The summed E-state index contributed by atoms with van der Waals surface area (Å²) in [6, 6.07) is 8.54. The maximum absolute atomic E-state index is 4.86. The Kier molecular flexibility index (Phi) is 4.61. The minimum Gasteiger partial charge on any atom is -0.377 e. The summed E-state index contributed by atoms with van der Waals surface area (Å²) in [4.78, 5) is 8.27. The minimum atomic E-state index is 1.07. The lowest BCUT2D eigenvalue weighted by atomic mass is 10.2. The first-order valence-electron chi connectivity index (χ1n) is 6.79. The van der Waals surface area contributed by atoms with E-state index in [0.29, 0.717) is 0 Å². The van der Waals surface area contributed by atoms with E-state index in [1.54, 1.807) is 0 Å². The standard InChI is InChI=1S/C16H16I2N3S/c1-20(2)11-7-5-9-15(13(11)17)22-16-10(19-9)6-8-12(14(16)18)21(3)4/h5-8H,1-4H3/q+1/i17+4,18+4. The Labute approximate surface area is 161 Å². The van der Waals surface area contributed by atoms with Gasteiger partial charge in [0.1, 0.15) is 17.7 Å². The van der Waals surface area contributed by atoms with E-state index in [-0.39, 0.29) is 0 Å². The molecule has 2 aliphatic rings. The van der Waals surface area contributed by atoms with Crippen LogP contribution in [0.25, 0.3) is 20.8 Å². The Morgan fingerprint density at radius 2 is 1.77 bits per heavy atom. The van der Waals surface area contributed by atoms with Gasteiger partial charge < -0.3 is 4.90 Å². The third-order valence-corrected chi connectivity index (χ3v) is 7.67. The zero-order valence-corrected chi connectivity index (χ0v) is 17.9. The van der Waals surface area contributed by atoms with Crippen LogP contribution in [0.5, 0.6) is 0 Å². The third-order valence-electron chi connectivity index (χ3n) is 3.52. The highest BCUT2D eigenvalue weighted by Crippen LogP contribution is 2.37. The second kappa shape index (κ2) is 6.20. The first-order valence-corrected chi connectivity index (χ1v) is 9.76. The molecule has 0 spiro atoms. The van der Waals surface area contributed by atoms with Crippen LogP contribution >= 0.6 is 56.5 Å². The topological polar surface area (TPSA) is 19.1 Å². The van der Waals surface area contributed by atoms with E-state index in [0.717, 1.165) is 11.2 Å². The first-order chi connectivity index (χ1) is 10.4. The molecule has 1 aliphatic heterocycles. The Morgan fingerprint density at radius 1 is 1.05 bits per heavy atom. The van der Waals surface area contributed by atoms with Gasteiger partial charge in [0.25, 0.3) is 0 Å². The van der Waals surface area contributed by atoms with Gasteiger partial charge in [-0.15, -0.1) is 11.3 Å². The van der Waals surface area contributed by atoms with Crippen LogP contribution < -0.4 is 14.8 Å². The summed E-state index contributed by atoms with van der Waals surface area (Å²) in [6.45, 7) is 0. The highest BCUT2D eigenvalue weighted by Gasteiger charge is 2.17. The molecule has 0 saturated carbocycles. The largest absolute Gasteiger partial charge is 0.377 e. The van der Waals surface area contributed by atoms with Gasteiger partial charge in [-0.3, -0.25) is 0 Å². The number of anilines is 1. The molecule has 0 fully saturated rings. The Bertz CT molecular complexity index is 911. The van der Waals surface area contributed by atoms with Gasteiger partial charge in [0.15, 0.2) is 0 Å². The van der Waals surface area contributed by atoms with Gasteiger partial charge in [-0.1, -0.05) is 0 Å². The Morgan fingerprint density at radius 3 is 2.41 bits per heavy atom. The summed E-state index contributed by atoms with van der Waals surface area (Å²) in [7, 11) is 8.32. The number of aromatic nitrogens is 1. The molecule has 3 rings (SSSR count). The van der Waals surface area contributed by atoms with E-state index >= 15 is 0 Å². The highest BCUT2D eigenvalue weighted by molar-refractivity contribution is 14.1. The molecule has 3 nitrogen and oxygen atoms in total. The van der Waals surface area contributed by atoms with Gasteiger partial charge in [-0.2, -0.15) is 0 Å². The van der Waals surface area contributed by atoms with E-state index in [1.165, 1.54) is 27.8 Å². The maximum atomic E-state index is 4.86. The number of benzene rings is 2. The van der Waals surface area contributed by atoms with Crippen molar-refractivity contribution in [2.75, 3.05) is 33.1 Å². The van der Waals surface area contributed by atoms with E-state index in [1.807, 2.05) is 11.3 Å². The Hall–Kier alpha value is -0.480. The molecule has 114 valence electrons. The molecule has 6 heteroatoms. The van der Waals surface area contributed by atoms with Crippen LogP contribution in [-0.2, 0) is 0 Å². The maximum Gasteiger partial charge on any atom is 0.214 e. The van der Waals surface area contributed by atoms with Gasteiger partial charge in [0, 0.05) is 20.2 Å². The van der Waals surface area contributed by atoms with Crippen molar-refractivity contribution in [1.82, 2.24) is 9.56 Å². The van der Waals surface area contributed by atoms with Crippen molar-refractivity contribution in [2.45, 2.75) is 0 Å². The van der Waals surface area contributed by atoms with Crippen LogP contribution in [0.1, 0.15) is 0 Å². The molecule has 1 aromatic carbocycles. The number of rotatable bonds is 1. The predicted molar refractivity (Wildman–Crippen MR) is 113 cm³/mol. The summed E-state index contributed by atoms with van der Waals surface area (Å²) in [5.74, 6) is 0. The number of nitrogens with zero attached hydrogens (tertiary/aromatic N) is 3. The lowest BCUT2D eigenvalue weighted by Crippen LogP contribution is -2.25. The number of fused-ring (bicyclic) bond motifs is 2. The number of halogens is 2. The van der Waals surface area contributed by atoms with E-state index in [9.17, 15) is 0 Å². The lowest BCUT2D eigenvalue weighted by Gasteiger charge is -2.16. The fourth-order valence-electron chi connectivity index (χ4n) is 2.36. The second-order valence-corrected chi connectivity index (χ2v) is 8.67. The molecule has 0 radical (unpaired) electrons. The molecule has 0 N–H and O–H groups in total. The first kappa shape index (κ1) is 16.4. The molecule has 0 bridgehead atoms. The van der Waals surface area contributed by atoms with Gasteiger partial charge in [0.05, 0.1) is 30.0 Å². The van der Waals surface area contributed by atoms with E-state index in [4.69, 9.17) is 4.98 Å². The molecule has 0 amide bonds. The average molecular weight is 544 g/mol. The van der Waals surface area contributed by atoms with Crippen molar-refractivity contribution >= 4 is 72.4 Å². The predicted octanol–water partition coefficient (Wildman–Crippen LogP) is 3.71. The van der Waals surface area contributed by atoms with Gasteiger partial charge >= 0.3 is 0 Å². The summed E-state index contributed by atoms with van der Waals surface area (Å²) >= 11 is 6.71. The third kappa shape index (κ3) is 2.73. The molecular weight excluding hydrogens is 528 g/mol. The quantitative estimate of drug-likeness (QED) is 0.265. The summed E-state index contributed by atoms with van der Waals surface area (Å²) in [6.07, 6.45) is 0. The molecule has 0 atom stereocenters. The molecule has 22 heavy (non-hydrogen) atoms. The van der Waals surface area contributed by atoms with E-state index < -0.39 is 0 Å². The summed E-state index contributed by atoms with van der Waals surface area (Å²) in [5, 5.41) is 1.24. The van der Waals surface area contributed by atoms with E-state index in [2.05, 4.69) is 107 Å². The lowest BCUT2D eigenvalue weighted by molar-refractivity contribution is 0.809. The van der Waals surface area contributed by atoms with Crippen LogP contribution in [0.2, 0.25) is 0 Å². The van der Waals surface area contributed by atoms with Crippen molar-refractivity contribution < 1.29 is 0 Å². The molecule has 1 aliphatic carbocycles. The summed E-state index contributed by atoms with van der Waals surface area (Å²) in [5.41, 5.74) is 3.38. The van der Waals surface area contributed by atoms with Gasteiger partial charge in [-0.05, 0) is 63.4 Å². The smallest absolute Gasteiger partial charge is 0.214 e. The monoisotopic (exact) mass is 544 g/mol. The molecule has 0 unspecified atom stereocenters. The van der Waals surface area contributed by atoms with Crippen LogP contribution in [-0.4, -0.2) is 33.2 Å². The van der Waals surface area contributed by atoms with Gasteiger partial charge in [-0.25, -0.2) is 9.56 Å². The number of hydrogen-bond donors (Lipinski definition) is 0. The van der Waals surface area contributed by atoms with Crippen LogP contribution in [0.15, 0.2) is 24.3 Å². The zero-order chi connectivity index (χ0) is 16.0. The van der Waals surface area contributed by atoms with Crippen molar-refractivity contribution in [3.8, 4) is 10.6 Å². The highest BCUT2D eigenvalue weighted by atomic mass is 131. The fourth-order valence-corrected chi connectivity index (χ4v) is 5.93. The molecule has 1 heterocycles. The van der Waals surface area contributed by atoms with Crippen molar-refractivity contribution in [1.29, 1.82) is 0 Å². The minimum absolute atomic E-state index is 1.07. The molecule has 1 aromatic rings. The van der Waals surface area contributed by atoms with Gasteiger partial charge in [0.2, 0.25) is 5.36 Å².